The van der Waals surface area contributed by atoms with Crippen molar-refractivity contribution in [3.05, 3.63) is 88.0 Å². The number of aryl methyl sites for hydroxylation is 1. The van der Waals surface area contributed by atoms with Crippen LogP contribution in [0.4, 0.5) is 5.69 Å². The molecule has 0 bridgehead atoms. The second kappa shape index (κ2) is 6.87. The highest BCUT2D eigenvalue weighted by molar-refractivity contribution is 5.73. The lowest BCUT2D eigenvalue weighted by molar-refractivity contribution is -0.385. The van der Waals surface area contributed by atoms with E-state index in [1.54, 1.807) is 18.2 Å². The van der Waals surface area contributed by atoms with E-state index in [0.29, 0.717) is 17.0 Å². The third-order valence-corrected chi connectivity index (χ3v) is 4.25. The first kappa shape index (κ1) is 16.7. The number of ether oxygens (including phenoxy) is 1. The van der Waals surface area contributed by atoms with Gasteiger partial charge in [0, 0.05) is 6.07 Å². The van der Waals surface area contributed by atoms with E-state index in [0.717, 1.165) is 16.6 Å². The van der Waals surface area contributed by atoms with Crippen LogP contribution in [0.15, 0.2) is 66.7 Å². The van der Waals surface area contributed by atoms with Crippen LogP contribution in [-0.2, 0) is 6.61 Å². The van der Waals surface area contributed by atoms with Crippen molar-refractivity contribution in [1.82, 2.24) is 15.0 Å². The molecule has 0 unspecified atom stereocenters. The first-order valence-electron chi connectivity index (χ1n) is 8.40. The van der Waals surface area contributed by atoms with Crippen molar-refractivity contribution in [2.45, 2.75) is 13.5 Å². The molecule has 7 nitrogen and oxygen atoms in total. The molecule has 0 spiro atoms. The van der Waals surface area contributed by atoms with E-state index < -0.39 is 4.92 Å². The quantitative estimate of drug-likeness (QED) is 0.393. The highest BCUT2D eigenvalue weighted by Crippen LogP contribution is 2.29. The van der Waals surface area contributed by atoms with E-state index in [9.17, 15) is 10.1 Å². The molecule has 7 heteroatoms. The summed E-state index contributed by atoms with van der Waals surface area (Å²) in [6, 6.07) is 19.8. The van der Waals surface area contributed by atoms with Crippen LogP contribution in [0.2, 0.25) is 0 Å². The van der Waals surface area contributed by atoms with Crippen LogP contribution in [0, 0.1) is 17.0 Å². The Morgan fingerprint density at radius 2 is 1.63 bits per heavy atom. The summed E-state index contributed by atoms with van der Waals surface area (Å²) in [5, 5.41) is 20.2. The number of nitrogens with zero attached hydrogens (tertiary/aromatic N) is 4. The van der Waals surface area contributed by atoms with Crippen LogP contribution < -0.4 is 4.74 Å². The number of benzene rings is 3. The summed E-state index contributed by atoms with van der Waals surface area (Å²) >= 11 is 0. The van der Waals surface area contributed by atoms with Crippen molar-refractivity contribution in [2.24, 2.45) is 0 Å². The summed E-state index contributed by atoms with van der Waals surface area (Å²) in [4.78, 5) is 12.3. The van der Waals surface area contributed by atoms with Gasteiger partial charge in [-0.3, -0.25) is 10.1 Å². The second-order valence-corrected chi connectivity index (χ2v) is 6.08. The van der Waals surface area contributed by atoms with Crippen LogP contribution in [0.25, 0.3) is 16.7 Å². The number of hydrogen-bond donors (Lipinski definition) is 0. The van der Waals surface area contributed by atoms with E-state index in [2.05, 4.69) is 10.2 Å². The number of rotatable bonds is 5. The number of nitro groups is 1. The van der Waals surface area contributed by atoms with Crippen molar-refractivity contribution in [1.29, 1.82) is 0 Å². The van der Waals surface area contributed by atoms with Crippen molar-refractivity contribution in [3.63, 3.8) is 0 Å². The van der Waals surface area contributed by atoms with Gasteiger partial charge >= 0.3 is 0 Å². The molecule has 0 amide bonds. The fourth-order valence-electron chi connectivity index (χ4n) is 2.91. The van der Waals surface area contributed by atoms with Gasteiger partial charge in [-0.1, -0.05) is 36.4 Å². The Hall–Kier alpha value is -3.74. The summed E-state index contributed by atoms with van der Waals surface area (Å²) in [6.07, 6.45) is 0. The normalized spacial score (nSPS) is 10.9. The van der Waals surface area contributed by atoms with Gasteiger partial charge in [0.25, 0.3) is 5.69 Å². The predicted molar refractivity (Wildman–Crippen MR) is 101 cm³/mol. The number of para-hydroxylation sites is 2. The molecule has 1 aromatic heterocycles. The van der Waals surface area contributed by atoms with Crippen molar-refractivity contribution >= 4 is 16.7 Å². The van der Waals surface area contributed by atoms with Gasteiger partial charge < -0.3 is 4.74 Å². The summed E-state index contributed by atoms with van der Waals surface area (Å²) in [7, 11) is 0. The summed E-state index contributed by atoms with van der Waals surface area (Å²) in [5.74, 6) is 0.593. The maximum absolute atomic E-state index is 11.2. The summed E-state index contributed by atoms with van der Waals surface area (Å²) in [6.45, 7) is 2.00. The van der Waals surface area contributed by atoms with Gasteiger partial charge in [-0.05, 0) is 36.8 Å². The molecular weight excluding hydrogens is 344 g/mol. The van der Waals surface area contributed by atoms with E-state index in [4.69, 9.17) is 4.74 Å². The minimum atomic E-state index is -0.404. The molecule has 0 aliphatic rings. The molecule has 0 N–H and O–H groups in total. The van der Waals surface area contributed by atoms with E-state index in [1.807, 2.05) is 49.4 Å². The molecular formula is C20H16N4O3. The Labute approximate surface area is 155 Å². The monoisotopic (exact) mass is 360 g/mol. The molecule has 0 saturated heterocycles. The first-order chi connectivity index (χ1) is 13.1. The zero-order chi connectivity index (χ0) is 18.8. The Morgan fingerprint density at radius 3 is 2.33 bits per heavy atom. The zero-order valence-electron chi connectivity index (χ0n) is 14.6. The van der Waals surface area contributed by atoms with Crippen LogP contribution in [0.5, 0.6) is 5.75 Å². The average molecular weight is 360 g/mol. The lowest BCUT2D eigenvalue weighted by Crippen LogP contribution is -2.06. The standard InChI is InChI=1S/C20H16N4O3/c1-14-7-6-12-19(23-21-16-9-3-4-10-17(16)22-23)20(14)27-13-15-8-2-5-11-18(15)24(25)26/h2-12H,13H2,1H3. The Morgan fingerprint density at radius 1 is 0.963 bits per heavy atom. The summed E-state index contributed by atoms with van der Waals surface area (Å²) in [5.41, 5.74) is 3.69. The third-order valence-electron chi connectivity index (χ3n) is 4.25. The zero-order valence-corrected chi connectivity index (χ0v) is 14.6. The summed E-state index contributed by atoms with van der Waals surface area (Å²) < 4.78 is 5.99. The highest BCUT2D eigenvalue weighted by atomic mass is 16.6. The van der Waals surface area contributed by atoms with Crippen LogP contribution in [0.3, 0.4) is 0 Å². The molecule has 0 atom stereocenters. The minimum absolute atomic E-state index is 0.0376. The van der Waals surface area contributed by atoms with Gasteiger partial charge in [0.1, 0.15) is 29.1 Å². The molecule has 134 valence electrons. The molecule has 27 heavy (non-hydrogen) atoms. The Bertz CT molecular complexity index is 1100. The third kappa shape index (κ3) is 3.22. The average Bonchev–Trinajstić information content (AvgIpc) is 3.11. The molecule has 0 aliphatic heterocycles. The van der Waals surface area contributed by atoms with E-state index >= 15 is 0 Å². The topological polar surface area (TPSA) is 83.1 Å². The SMILES string of the molecule is Cc1cccc(-n2nc3ccccc3n2)c1OCc1ccccc1[N+](=O)[O-]. The maximum atomic E-state index is 11.2. The van der Waals surface area contributed by atoms with Crippen molar-refractivity contribution < 1.29 is 9.66 Å². The number of nitro benzene ring substituents is 1. The van der Waals surface area contributed by atoms with Crippen LogP contribution >= 0.6 is 0 Å². The van der Waals surface area contributed by atoms with Gasteiger partial charge in [0.15, 0.2) is 0 Å². The molecule has 0 saturated carbocycles. The number of fused-ring (bicyclic) bond motifs is 1. The molecule has 3 aromatic carbocycles. The van der Waals surface area contributed by atoms with Crippen molar-refractivity contribution in [3.8, 4) is 11.4 Å². The molecule has 0 fully saturated rings. The lowest BCUT2D eigenvalue weighted by Gasteiger charge is -2.13. The van der Waals surface area contributed by atoms with Gasteiger partial charge in [0.05, 0.1) is 10.5 Å². The van der Waals surface area contributed by atoms with Crippen LogP contribution in [-0.4, -0.2) is 19.9 Å². The number of hydrogen-bond acceptors (Lipinski definition) is 5. The second-order valence-electron chi connectivity index (χ2n) is 6.08. The smallest absolute Gasteiger partial charge is 0.276 e. The molecule has 0 aliphatic carbocycles. The van der Waals surface area contributed by atoms with Gasteiger partial charge in [-0.15, -0.1) is 15.0 Å². The van der Waals surface area contributed by atoms with Gasteiger partial charge in [0.2, 0.25) is 0 Å². The molecule has 1 heterocycles. The fourth-order valence-corrected chi connectivity index (χ4v) is 2.91. The minimum Gasteiger partial charge on any atom is -0.486 e. The van der Waals surface area contributed by atoms with Gasteiger partial charge in [-0.25, -0.2) is 0 Å². The van der Waals surface area contributed by atoms with E-state index in [1.165, 1.54) is 10.9 Å². The fraction of sp³-hybridized carbons (Fsp3) is 0.100. The van der Waals surface area contributed by atoms with Gasteiger partial charge in [-0.2, -0.15) is 0 Å². The molecule has 0 radical (unpaired) electrons. The Balaban J connectivity index is 1.71. The highest BCUT2D eigenvalue weighted by Gasteiger charge is 2.16. The largest absolute Gasteiger partial charge is 0.486 e. The first-order valence-corrected chi connectivity index (χ1v) is 8.40. The van der Waals surface area contributed by atoms with Crippen molar-refractivity contribution in [2.75, 3.05) is 0 Å². The molecule has 4 rings (SSSR count). The predicted octanol–water partition coefficient (Wildman–Crippen LogP) is 4.22. The molecule has 4 aromatic rings. The number of aromatic nitrogens is 3. The lowest BCUT2D eigenvalue weighted by atomic mass is 10.1. The maximum Gasteiger partial charge on any atom is 0.276 e. The Kier molecular flexibility index (Phi) is 4.25. The van der Waals surface area contributed by atoms with Crippen LogP contribution in [0.1, 0.15) is 11.1 Å². The van der Waals surface area contributed by atoms with E-state index in [-0.39, 0.29) is 12.3 Å².